The summed E-state index contributed by atoms with van der Waals surface area (Å²) in [6.45, 7) is 6.54. The molecule has 0 aromatic carbocycles. The first-order valence-corrected chi connectivity index (χ1v) is 8.53. The number of fused-ring (bicyclic) bond motifs is 1. The number of halogens is 1. The Labute approximate surface area is 146 Å². The summed E-state index contributed by atoms with van der Waals surface area (Å²) in [5.74, 6) is -0.482. The first-order valence-electron chi connectivity index (χ1n) is 8.53. The summed E-state index contributed by atoms with van der Waals surface area (Å²) in [5.41, 5.74) is 0.592. The van der Waals surface area contributed by atoms with Crippen LogP contribution in [-0.2, 0) is 4.74 Å². The van der Waals surface area contributed by atoms with Crippen molar-refractivity contribution in [3.63, 3.8) is 0 Å². The van der Waals surface area contributed by atoms with Crippen molar-refractivity contribution >= 4 is 17.0 Å². The van der Waals surface area contributed by atoms with E-state index in [1.165, 1.54) is 0 Å². The van der Waals surface area contributed by atoms with Gasteiger partial charge in [-0.2, -0.15) is 0 Å². The first kappa shape index (κ1) is 17.7. The summed E-state index contributed by atoms with van der Waals surface area (Å²) in [6.07, 6.45) is 4.49. The summed E-state index contributed by atoms with van der Waals surface area (Å²) in [4.78, 5) is 20.5. The van der Waals surface area contributed by atoms with Crippen LogP contribution in [0.5, 0.6) is 0 Å². The molecule has 0 aliphatic carbocycles. The van der Waals surface area contributed by atoms with Gasteiger partial charge >= 0.3 is 6.09 Å². The number of ether oxygens (including phenoxy) is 1. The minimum Gasteiger partial charge on any atom is -0.444 e. The maximum atomic E-state index is 14.1. The van der Waals surface area contributed by atoms with E-state index in [1.54, 1.807) is 17.3 Å². The molecule has 1 aliphatic heterocycles. The number of aromatic amines is 1. The molecule has 0 spiro atoms. The molecule has 1 fully saturated rings. The van der Waals surface area contributed by atoms with E-state index < -0.39 is 17.5 Å². The normalized spacial score (nSPS) is 17.7. The molecule has 3 heterocycles. The van der Waals surface area contributed by atoms with Crippen molar-refractivity contribution in [3.8, 4) is 0 Å². The standard InChI is InChI=1S/C18H24FN3O3/c1-18(2,3)25-17(24)22-6-4-11(5-7-22)16(23)12-8-21-14-10-20-9-13(19)15(12)14/h8-11,16,21,23H,4-7H2,1-3H3. The maximum Gasteiger partial charge on any atom is 0.410 e. The van der Waals surface area contributed by atoms with Gasteiger partial charge in [0.2, 0.25) is 0 Å². The summed E-state index contributed by atoms with van der Waals surface area (Å²) in [6, 6.07) is 0. The summed E-state index contributed by atoms with van der Waals surface area (Å²) < 4.78 is 19.5. The topological polar surface area (TPSA) is 78.5 Å². The van der Waals surface area contributed by atoms with Crippen LogP contribution in [0.25, 0.3) is 10.9 Å². The fraction of sp³-hybridized carbons (Fsp3) is 0.556. The lowest BCUT2D eigenvalue weighted by Gasteiger charge is -2.35. The van der Waals surface area contributed by atoms with Gasteiger partial charge in [0.05, 0.1) is 24.0 Å². The average Bonchev–Trinajstić information content (AvgIpc) is 2.98. The second-order valence-electron chi connectivity index (χ2n) is 7.54. The highest BCUT2D eigenvalue weighted by Gasteiger charge is 2.31. The van der Waals surface area contributed by atoms with Crippen LogP contribution in [-0.4, -0.2) is 44.8 Å². The summed E-state index contributed by atoms with van der Waals surface area (Å²) in [5, 5.41) is 11.1. The van der Waals surface area contributed by atoms with Crippen LogP contribution in [0.1, 0.15) is 45.3 Å². The molecule has 0 radical (unpaired) electrons. The Morgan fingerprint density at radius 1 is 1.40 bits per heavy atom. The Kier molecular flexibility index (Phi) is 4.69. The minimum atomic E-state index is -0.786. The molecular weight excluding hydrogens is 325 g/mol. The average molecular weight is 349 g/mol. The van der Waals surface area contributed by atoms with Gasteiger partial charge in [0.15, 0.2) is 5.82 Å². The minimum absolute atomic E-state index is 0.0368. The Bertz CT molecular complexity index is 761. The number of likely N-dealkylation sites (tertiary alicyclic amines) is 1. The van der Waals surface area contributed by atoms with Gasteiger partial charge in [-0.15, -0.1) is 0 Å². The molecule has 0 saturated carbocycles. The molecular formula is C18H24FN3O3. The Morgan fingerprint density at radius 3 is 2.72 bits per heavy atom. The van der Waals surface area contributed by atoms with Crippen molar-refractivity contribution in [2.24, 2.45) is 5.92 Å². The first-order chi connectivity index (χ1) is 11.8. The van der Waals surface area contributed by atoms with E-state index in [0.717, 1.165) is 6.20 Å². The van der Waals surface area contributed by atoms with Crippen molar-refractivity contribution in [3.05, 3.63) is 30.0 Å². The molecule has 1 unspecified atom stereocenters. The van der Waals surface area contributed by atoms with Crippen LogP contribution >= 0.6 is 0 Å². The zero-order valence-corrected chi connectivity index (χ0v) is 14.8. The van der Waals surface area contributed by atoms with Crippen LogP contribution in [0.15, 0.2) is 18.6 Å². The number of rotatable bonds is 2. The van der Waals surface area contributed by atoms with Crippen LogP contribution in [0.3, 0.4) is 0 Å². The number of nitrogens with one attached hydrogen (secondary N) is 1. The smallest absolute Gasteiger partial charge is 0.410 e. The highest BCUT2D eigenvalue weighted by Crippen LogP contribution is 2.35. The number of pyridine rings is 1. The lowest BCUT2D eigenvalue weighted by Crippen LogP contribution is -2.42. The summed E-state index contributed by atoms with van der Waals surface area (Å²) >= 11 is 0. The van der Waals surface area contributed by atoms with Gasteiger partial charge in [0, 0.05) is 30.2 Å². The number of amides is 1. The molecule has 2 aromatic heterocycles. The largest absolute Gasteiger partial charge is 0.444 e. The maximum absolute atomic E-state index is 14.1. The highest BCUT2D eigenvalue weighted by molar-refractivity contribution is 5.83. The molecule has 2 N–H and O–H groups in total. The van der Waals surface area contributed by atoms with Gasteiger partial charge in [-0.1, -0.05) is 0 Å². The zero-order chi connectivity index (χ0) is 18.2. The van der Waals surface area contributed by atoms with Crippen LogP contribution < -0.4 is 0 Å². The van der Waals surface area contributed by atoms with E-state index in [0.29, 0.717) is 42.4 Å². The second-order valence-corrected chi connectivity index (χ2v) is 7.54. The number of hydrogen-bond acceptors (Lipinski definition) is 4. The van der Waals surface area contributed by atoms with Gasteiger partial charge in [0.1, 0.15) is 5.60 Å². The number of carbonyl (C=O) groups excluding carboxylic acids is 1. The van der Waals surface area contributed by atoms with Gasteiger partial charge in [-0.3, -0.25) is 4.98 Å². The molecule has 1 saturated heterocycles. The van der Waals surface area contributed by atoms with Crippen molar-refractivity contribution in [2.45, 2.75) is 45.3 Å². The van der Waals surface area contributed by atoms with E-state index in [2.05, 4.69) is 9.97 Å². The van der Waals surface area contributed by atoms with Crippen molar-refractivity contribution in [2.75, 3.05) is 13.1 Å². The van der Waals surface area contributed by atoms with E-state index in [1.807, 2.05) is 20.8 Å². The quantitative estimate of drug-likeness (QED) is 0.871. The molecule has 6 nitrogen and oxygen atoms in total. The van der Waals surface area contributed by atoms with Crippen molar-refractivity contribution in [1.29, 1.82) is 0 Å². The molecule has 1 amide bonds. The highest BCUT2D eigenvalue weighted by atomic mass is 19.1. The number of H-pyrrole nitrogens is 1. The third kappa shape index (κ3) is 3.76. The number of carbonyl (C=O) groups is 1. The van der Waals surface area contributed by atoms with Gasteiger partial charge in [-0.05, 0) is 39.5 Å². The van der Waals surface area contributed by atoms with Crippen LogP contribution in [0, 0.1) is 11.7 Å². The fourth-order valence-electron chi connectivity index (χ4n) is 3.28. The van der Waals surface area contributed by atoms with Gasteiger partial charge < -0.3 is 19.7 Å². The Morgan fingerprint density at radius 2 is 2.08 bits per heavy atom. The predicted octanol–water partition coefficient (Wildman–Crippen LogP) is 3.38. The van der Waals surface area contributed by atoms with E-state index in [4.69, 9.17) is 4.74 Å². The predicted molar refractivity (Wildman–Crippen MR) is 91.5 cm³/mol. The SMILES string of the molecule is CC(C)(C)OC(=O)N1CCC(C(O)c2c[nH]c3cncc(F)c23)CC1. The second kappa shape index (κ2) is 6.63. The Balaban J connectivity index is 1.67. The number of nitrogens with zero attached hydrogens (tertiary/aromatic N) is 2. The van der Waals surface area contributed by atoms with E-state index in [9.17, 15) is 14.3 Å². The number of aromatic nitrogens is 2. The number of aliphatic hydroxyl groups is 1. The molecule has 25 heavy (non-hydrogen) atoms. The zero-order valence-electron chi connectivity index (χ0n) is 14.8. The van der Waals surface area contributed by atoms with Crippen molar-refractivity contribution < 1.29 is 19.0 Å². The van der Waals surface area contributed by atoms with Crippen LogP contribution in [0.2, 0.25) is 0 Å². The molecule has 3 rings (SSSR count). The molecule has 136 valence electrons. The van der Waals surface area contributed by atoms with Gasteiger partial charge in [-0.25, -0.2) is 9.18 Å². The lowest BCUT2D eigenvalue weighted by atomic mass is 9.87. The van der Waals surface area contributed by atoms with E-state index >= 15 is 0 Å². The lowest BCUT2D eigenvalue weighted by molar-refractivity contribution is 0.00782. The molecule has 2 aromatic rings. The Hall–Kier alpha value is -2.15. The molecule has 1 atom stereocenters. The number of aliphatic hydroxyl groups excluding tert-OH is 1. The molecule has 1 aliphatic rings. The van der Waals surface area contributed by atoms with Gasteiger partial charge in [0.25, 0.3) is 0 Å². The summed E-state index contributed by atoms with van der Waals surface area (Å²) in [7, 11) is 0. The number of piperidine rings is 1. The molecule has 7 heteroatoms. The third-order valence-corrected chi connectivity index (χ3v) is 4.53. The van der Waals surface area contributed by atoms with Crippen molar-refractivity contribution in [1.82, 2.24) is 14.9 Å². The number of hydrogen-bond donors (Lipinski definition) is 2. The van der Waals surface area contributed by atoms with E-state index in [-0.39, 0.29) is 12.0 Å². The fourth-order valence-corrected chi connectivity index (χ4v) is 3.28. The monoisotopic (exact) mass is 349 g/mol. The van der Waals surface area contributed by atoms with Crippen LogP contribution in [0.4, 0.5) is 9.18 Å². The third-order valence-electron chi connectivity index (χ3n) is 4.53. The molecule has 0 bridgehead atoms.